The van der Waals surface area contributed by atoms with Gasteiger partial charge in [0.15, 0.2) is 11.5 Å². The van der Waals surface area contributed by atoms with Gasteiger partial charge in [0.2, 0.25) is 0 Å². The van der Waals surface area contributed by atoms with E-state index in [1.54, 1.807) is 12.1 Å². The maximum Gasteiger partial charge on any atom is 0.526 e. The molecule has 2 aliphatic rings. The van der Waals surface area contributed by atoms with Crippen LogP contribution in [-0.2, 0) is 11.2 Å². The Morgan fingerprint density at radius 3 is 2.84 bits per heavy atom. The number of carboxylic acids is 1. The number of fused-ring (bicyclic) bond motifs is 1. The molecule has 10 nitrogen and oxygen atoms in total. The second-order valence-electron chi connectivity index (χ2n) is 5.58. The molecule has 0 saturated heterocycles. The van der Waals surface area contributed by atoms with E-state index in [0.717, 1.165) is 0 Å². The van der Waals surface area contributed by atoms with Crippen molar-refractivity contribution in [3.63, 3.8) is 0 Å². The second kappa shape index (κ2) is 6.81. The Kier molecular flexibility index (Phi) is 4.57. The van der Waals surface area contributed by atoms with Crippen LogP contribution in [-0.4, -0.2) is 52.2 Å². The zero-order valence-electron chi connectivity index (χ0n) is 12.9. The number of hydrogen-bond acceptors (Lipinski definition) is 9. The van der Waals surface area contributed by atoms with Crippen LogP contribution in [0.15, 0.2) is 38.8 Å². The molecule has 128 valence electrons. The molecule has 2 heterocycles. The molecule has 0 fully saturated rings. The molecule has 0 radical (unpaired) electrons. The minimum atomic E-state index is -1.36. The van der Waals surface area contributed by atoms with Crippen molar-refractivity contribution in [3.8, 4) is 5.75 Å². The monoisotopic (exact) mass is 344 g/mol. The second-order valence-corrected chi connectivity index (χ2v) is 5.58. The summed E-state index contributed by atoms with van der Waals surface area (Å²) in [7, 11) is -1.36. The van der Waals surface area contributed by atoms with E-state index in [-0.39, 0.29) is 42.1 Å². The van der Waals surface area contributed by atoms with E-state index in [1.807, 2.05) is 0 Å². The van der Waals surface area contributed by atoms with Crippen LogP contribution in [0.1, 0.15) is 22.3 Å². The number of aromatic carboxylic acids is 1. The Balaban J connectivity index is 1.77. The highest BCUT2D eigenvalue weighted by atomic mass is 16.5. The summed E-state index contributed by atoms with van der Waals surface area (Å²) in [5.41, 5.74) is 0.408. The molecule has 0 aliphatic carbocycles. The Morgan fingerprint density at radius 1 is 1.40 bits per heavy atom. The molecule has 3 N–H and O–H groups in total. The lowest BCUT2D eigenvalue weighted by molar-refractivity contribution is -0.113. The number of Topliss-reactive ketones (excluding diaryl/α,β-unsaturated/α-hetero) is 1. The quantitative estimate of drug-likeness (QED) is 0.310. The van der Waals surface area contributed by atoms with Crippen molar-refractivity contribution in [2.24, 2.45) is 20.6 Å². The van der Waals surface area contributed by atoms with Gasteiger partial charge in [-0.15, -0.1) is 5.10 Å². The van der Waals surface area contributed by atoms with Gasteiger partial charge >= 0.3 is 13.1 Å². The highest BCUT2D eigenvalue weighted by molar-refractivity contribution is 6.68. The average molecular weight is 344 g/mol. The Hall–Kier alpha value is -3.08. The van der Waals surface area contributed by atoms with E-state index in [0.29, 0.717) is 5.56 Å². The maximum absolute atomic E-state index is 12.3. The van der Waals surface area contributed by atoms with Crippen LogP contribution >= 0.6 is 0 Å². The SMILES string of the molecule is O=C(C[C@H]1Cc2cccc(C(=O)O)c2OB1O)/C(=N/O)C1=NN=NC1. The van der Waals surface area contributed by atoms with Crippen LogP contribution in [0.25, 0.3) is 0 Å². The van der Waals surface area contributed by atoms with Gasteiger partial charge in [0, 0.05) is 12.2 Å². The first kappa shape index (κ1) is 16.8. The van der Waals surface area contributed by atoms with E-state index in [9.17, 15) is 19.7 Å². The van der Waals surface area contributed by atoms with Crippen LogP contribution in [0.2, 0.25) is 5.82 Å². The Labute approximate surface area is 141 Å². The zero-order chi connectivity index (χ0) is 18.0. The van der Waals surface area contributed by atoms with Gasteiger partial charge in [0.05, 0.1) is 5.56 Å². The van der Waals surface area contributed by atoms with Crippen molar-refractivity contribution < 1.29 is 29.6 Å². The minimum Gasteiger partial charge on any atom is -0.535 e. The molecule has 0 aromatic heterocycles. The van der Waals surface area contributed by atoms with Crippen LogP contribution in [0.3, 0.4) is 0 Å². The highest BCUT2D eigenvalue weighted by Crippen LogP contribution is 2.36. The summed E-state index contributed by atoms with van der Waals surface area (Å²) in [4.78, 5) is 23.6. The van der Waals surface area contributed by atoms with Gasteiger partial charge in [0.1, 0.15) is 18.0 Å². The predicted molar refractivity (Wildman–Crippen MR) is 85.5 cm³/mol. The summed E-state index contributed by atoms with van der Waals surface area (Å²) in [5, 5.41) is 41.9. The molecular weight excluding hydrogens is 331 g/mol. The molecule has 0 saturated carbocycles. The molecule has 0 spiro atoms. The van der Waals surface area contributed by atoms with E-state index < -0.39 is 24.7 Å². The number of ketones is 1. The molecule has 25 heavy (non-hydrogen) atoms. The number of carbonyl (C=O) groups excluding carboxylic acids is 1. The average Bonchev–Trinajstić information content (AvgIpc) is 3.09. The number of hydrogen-bond donors (Lipinski definition) is 3. The van der Waals surface area contributed by atoms with Crippen LogP contribution in [0, 0.1) is 0 Å². The summed E-state index contributed by atoms with van der Waals surface area (Å²) in [6, 6.07) is 4.62. The van der Waals surface area contributed by atoms with Crippen molar-refractivity contribution in [1.29, 1.82) is 0 Å². The van der Waals surface area contributed by atoms with Gasteiger partial charge < -0.3 is 20.0 Å². The van der Waals surface area contributed by atoms with Crippen molar-refractivity contribution in [2.75, 3.05) is 6.54 Å². The molecule has 2 aliphatic heterocycles. The molecule has 1 aromatic rings. The number of benzene rings is 1. The van der Waals surface area contributed by atoms with Crippen LogP contribution in [0.5, 0.6) is 5.75 Å². The summed E-state index contributed by atoms with van der Waals surface area (Å²) in [5.74, 6) is -2.24. The van der Waals surface area contributed by atoms with Gasteiger partial charge in [-0.1, -0.05) is 17.3 Å². The molecule has 0 unspecified atom stereocenters. The lowest BCUT2D eigenvalue weighted by Crippen LogP contribution is -2.37. The third-order valence-electron chi connectivity index (χ3n) is 3.99. The first-order valence-corrected chi connectivity index (χ1v) is 7.40. The van der Waals surface area contributed by atoms with E-state index >= 15 is 0 Å². The molecule has 1 atom stereocenters. The topological polar surface area (TPSA) is 154 Å². The van der Waals surface area contributed by atoms with Crippen LogP contribution < -0.4 is 4.65 Å². The highest BCUT2D eigenvalue weighted by Gasteiger charge is 2.39. The molecular formula is C14H13BN4O6. The van der Waals surface area contributed by atoms with Gasteiger partial charge in [0.25, 0.3) is 0 Å². The normalized spacial score (nSPS) is 19.2. The largest absolute Gasteiger partial charge is 0.535 e. The lowest BCUT2D eigenvalue weighted by Gasteiger charge is -2.27. The number of para-hydroxylation sites is 1. The molecule has 3 rings (SSSR count). The standard InChI is InChI=1S/C14H13BN4O6/c20-11(12(18-24)10-6-16-19-17-10)5-8-4-7-2-1-3-9(14(21)22)13(7)25-15(8)23/h1-3,8,23-24H,4-6H2,(H,21,22)/b18-12+/t8-/m1/s1. The summed E-state index contributed by atoms with van der Waals surface area (Å²) in [6.45, 7) is 0.0413. The fourth-order valence-corrected chi connectivity index (χ4v) is 2.77. The van der Waals surface area contributed by atoms with Crippen LogP contribution in [0.4, 0.5) is 0 Å². The third kappa shape index (κ3) is 3.26. The fraction of sp³-hybridized carbons (Fsp3) is 0.286. The fourth-order valence-electron chi connectivity index (χ4n) is 2.77. The zero-order valence-corrected chi connectivity index (χ0v) is 12.9. The first-order valence-electron chi connectivity index (χ1n) is 7.40. The Morgan fingerprint density at radius 2 is 2.20 bits per heavy atom. The van der Waals surface area contributed by atoms with Crippen molar-refractivity contribution in [2.45, 2.75) is 18.7 Å². The summed E-state index contributed by atoms with van der Waals surface area (Å²) < 4.78 is 5.33. The smallest absolute Gasteiger partial charge is 0.526 e. The van der Waals surface area contributed by atoms with Crippen molar-refractivity contribution >= 4 is 30.3 Å². The van der Waals surface area contributed by atoms with Gasteiger partial charge in [-0.2, -0.15) is 5.11 Å². The van der Waals surface area contributed by atoms with Gasteiger partial charge in [-0.25, -0.2) is 4.79 Å². The molecule has 11 heteroatoms. The number of carboxylic acid groups (broad SMARTS) is 1. The lowest BCUT2D eigenvalue weighted by atomic mass is 9.64. The Bertz CT molecular complexity index is 822. The third-order valence-corrected chi connectivity index (χ3v) is 3.99. The maximum atomic E-state index is 12.3. The van der Waals surface area contributed by atoms with Crippen molar-refractivity contribution in [3.05, 3.63) is 29.3 Å². The summed E-state index contributed by atoms with van der Waals surface area (Å²) >= 11 is 0. The molecule has 0 amide bonds. The van der Waals surface area contributed by atoms with Gasteiger partial charge in [-0.3, -0.25) is 4.79 Å². The number of carbonyl (C=O) groups is 2. The molecule has 0 bridgehead atoms. The molecule has 1 aromatic carbocycles. The summed E-state index contributed by atoms with van der Waals surface area (Å²) in [6.07, 6.45) is 0.0691. The number of nitrogens with zero attached hydrogens (tertiary/aromatic N) is 4. The number of oxime groups is 1. The minimum absolute atomic E-state index is 0.0413. The van der Waals surface area contributed by atoms with Gasteiger partial charge in [-0.05, 0) is 23.3 Å². The van der Waals surface area contributed by atoms with E-state index in [1.165, 1.54) is 6.07 Å². The number of rotatable bonds is 5. The predicted octanol–water partition coefficient (Wildman–Crippen LogP) is 0.782. The van der Waals surface area contributed by atoms with E-state index in [2.05, 4.69) is 20.6 Å². The van der Waals surface area contributed by atoms with Crippen molar-refractivity contribution in [1.82, 2.24) is 0 Å². The first-order chi connectivity index (χ1) is 12.0. The van der Waals surface area contributed by atoms with E-state index in [4.69, 9.17) is 9.86 Å².